The number of hydrogen-bond donors (Lipinski definition) is 0. The Labute approximate surface area is 362 Å². The summed E-state index contributed by atoms with van der Waals surface area (Å²) in [6.07, 6.45) is 21.2. The van der Waals surface area contributed by atoms with Gasteiger partial charge >= 0.3 is 21.1 Å². The van der Waals surface area contributed by atoms with Crippen molar-refractivity contribution >= 4 is 40.2 Å². The minimum Gasteiger partial charge on any atom is -0.699 e. The first-order valence-electron chi connectivity index (χ1n) is 18.1. The van der Waals surface area contributed by atoms with E-state index in [1.165, 1.54) is 11.1 Å². The van der Waals surface area contributed by atoms with E-state index in [9.17, 15) is 0 Å². The SMILES string of the molecule is C(=Nc1ccccc1)[N-]c1ccccc1.[C-]1=C(c2[c-]cccc2)C=CCC1.[C-]1=C(c2[c-]cccc2)C=CCC1.[Pt+4].[Pt].c1ccc([N-]C[N-]c2ccccc2)cc1. The summed E-state index contributed by atoms with van der Waals surface area (Å²) in [7, 11) is 0. The van der Waals surface area contributed by atoms with Crippen LogP contribution in [0.2, 0.25) is 0 Å². The van der Waals surface area contributed by atoms with Gasteiger partial charge < -0.3 is 20.9 Å². The first kappa shape index (κ1) is 45.1. The zero-order valence-electron chi connectivity index (χ0n) is 31.0. The van der Waals surface area contributed by atoms with E-state index in [0.29, 0.717) is 6.67 Å². The first-order valence-corrected chi connectivity index (χ1v) is 18.1. The third kappa shape index (κ3) is 17.9. The number of rotatable bonds is 9. The van der Waals surface area contributed by atoms with Gasteiger partial charge in [-0.1, -0.05) is 153 Å². The fourth-order valence-electron chi connectivity index (χ4n) is 5.05. The predicted octanol–water partition coefficient (Wildman–Crippen LogP) is 14.4. The van der Waals surface area contributed by atoms with Gasteiger partial charge in [-0.05, 0) is 11.4 Å². The van der Waals surface area contributed by atoms with Gasteiger partial charge in [-0.25, -0.2) is 43.1 Å². The minimum atomic E-state index is 0. The van der Waals surface area contributed by atoms with Crippen LogP contribution in [-0.2, 0) is 42.1 Å². The third-order valence-electron chi connectivity index (χ3n) is 7.77. The molecule has 0 amide bonds. The topological polar surface area (TPSA) is 54.7 Å². The molecule has 6 heteroatoms. The van der Waals surface area contributed by atoms with Crippen LogP contribution in [0.4, 0.5) is 22.7 Å². The average Bonchev–Trinajstić information content (AvgIpc) is 3.27. The predicted molar refractivity (Wildman–Crippen MR) is 228 cm³/mol. The molecule has 8 rings (SSSR count). The molecule has 0 radical (unpaired) electrons. The number of para-hydroxylation sites is 4. The van der Waals surface area contributed by atoms with Gasteiger partial charge in [-0.3, -0.25) is 34.4 Å². The second-order valence-electron chi connectivity index (χ2n) is 11.8. The minimum absolute atomic E-state index is 0. The van der Waals surface area contributed by atoms with E-state index in [-0.39, 0.29) is 42.1 Å². The van der Waals surface area contributed by atoms with Gasteiger partial charge in [-0.15, -0.1) is 35.7 Å². The quantitative estimate of drug-likeness (QED) is 0.0787. The van der Waals surface area contributed by atoms with Crippen LogP contribution in [0.5, 0.6) is 0 Å². The Morgan fingerprint density at radius 1 is 0.500 bits per heavy atom. The van der Waals surface area contributed by atoms with Crippen LogP contribution in [-0.4, -0.2) is 13.0 Å². The largest absolute Gasteiger partial charge is 4.00 e. The van der Waals surface area contributed by atoms with Crippen LogP contribution in [0, 0.1) is 24.3 Å². The molecule has 0 heterocycles. The van der Waals surface area contributed by atoms with E-state index >= 15 is 0 Å². The van der Waals surface area contributed by atoms with Gasteiger partial charge in [0.1, 0.15) is 0 Å². The zero-order chi connectivity index (χ0) is 37.1. The molecule has 2 aliphatic rings. The molecule has 0 saturated carbocycles. The standard InChI is InChI=1S/C13H12N2.C13H11N2.2C12H10.2Pt/c2*1-3-7-12(8-4-1)14-11-15-13-9-5-2-6-10-13;2*1-3-7-11(8-4-1)12-9-5-2-6-10-12;;/h1-10H,11H2;1-11H;2*1,3-5,7,9H,2,6H2;;/q-2;-1;2*-2;;+4. The monoisotopic (exact) mass is 1090 g/mol. The van der Waals surface area contributed by atoms with Crippen molar-refractivity contribution in [2.45, 2.75) is 25.7 Å². The number of aliphatic imine (C=N–C) groups is 1. The van der Waals surface area contributed by atoms with Crippen LogP contribution in [0.1, 0.15) is 36.8 Å². The van der Waals surface area contributed by atoms with Crippen molar-refractivity contribution in [2.24, 2.45) is 4.99 Å². The maximum Gasteiger partial charge on any atom is 4.00 e. The number of benzene rings is 6. The molecule has 0 bridgehead atoms. The molecule has 4 nitrogen and oxygen atoms in total. The molecule has 0 aromatic heterocycles. The maximum atomic E-state index is 4.33. The summed E-state index contributed by atoms with van der Waals surface area (Å²) in [4.78, 5) is 4.21. The summed E-state index contributed by atoms with van der Waals surface area (Å²) < 4.78 is 0. The summed E-state index contributed by atoms with van der Waals surface area (Å²) in [5, 5.41) is 12.9. The molecule has 6 aromatic carbocycles. The zero-order valence-corrected chi connectivity index (χ0v) is 35.6. The Morgan fingerprint density at radius 2 is 0.911 bits per heavy atom. The Morgan fingerprint density at radius 3 is 1.30 bits per heavy atom. The van der Waals surface area contributed by atoms with Crippen molar-refractivity contribution in [3.05, 3.63) is 246 Å². The summed E-state index contributed by atoms with van der Waals surface area (Å²) in [5.41, 5.74) is 8.43. The first-order chi connectivity index (χ1) is 26.8. The van der Waals surface area contributed by atoms with E-state index in [2.05, 4.69) is 81.7 Å². The molecule has 0 aliphatic heterocycles. The molecule has 2 aliphatic carbocycles. The molecular formula is C50H43N4Pt2-3. The summed E-state index contributed by atoms with van der Waals surface area (Å²) >= 11 is 0. The average molecular weight is 1090 g/mol. The maximum absolute atomic E-state index is 4.33. The fraction of sp³-hybridized carbons (Fsp3) is 0.100. The van der Waals surface area contributed by atoms with Gasteiger partial charge in [0, 0.05) is 21.1 Å². The number of allylic oxidation sites excluding steroid dienone is 8. The summed E-state index contributed by atoms with van der Waals surface area (Å²) in [5.74, 6) is 0. The van der Waals surface area contributed by atoms with E-state index < -0.39 is 0 Å². The van der Waals surface area contributed by atoms with Gasteiger partial charge in [0.05, 0.1) is 0 Å². The molecule has 0 spiro atoms. The number of hydrogen-bond acceptors (Lipinski definition) is 1. The normalized spacial score (nSPS) is 12.1. The van der Waals surface area contributed by atoms with Crippen molar-refractivity contribution in [1.82, 2.24) is 0 Å². The van der Waals surface area contributed by atoms with Crippen molar-refractivity contribution in [2.75, 3.05) is 6.67 Å². The van der Waals surface area contributed by atoms with Crippen LogP contribution >= 0.6 is 0 Å². The Bertz CT molecular complexity index is 1930. The van der Waals surface area contributed by atoms with Crippen LogP contribution in [0.3, 0.4) is 0 Å². The van der Waals surface area contributed by atoms with Crippen LogP contribution < -0.4 is 0 Å². The van der Waals surface area contributed by atoms with E-state index in [0.717, 1.165) is 59.6 Å². The molecule has 0 unspecified atom stereocenters. The fourth-order valence-corrected chi connectivity index (χ4v) is 5.05. The van der Waals surface area contributed by atoms with E-state index in [1.54, 1.807) is 6.34 Å². The van der Waals surface area contributed by atoms with E-state index in [4.69, 9.17) is 0 Å². The molecule has 0 saturated heterocycles. The van der Waals surface area contributed by atoms with E-state index in [1.807, 2.05) is 158 Å². The Kier molecular flexibility index (Phi) is 22.7. The van der Waals surface area contributed by atoms with Crippen molar-refractivity contribution < 1.29 is 42.1 Å². The molecule has 6 aromatic rings. The van der Waals surface area contributed by atoms with Crippen molar-refractivity contribution in [3.63, 3.8) is 0 Å². The molecule has 56 heavy (non-hydrogen) atoms. The van der Waals surface area contributed by atoms with Gasteiger partial charge in [0.15, 0.2) is 0 Å². The molecule has 0 N–H and O–H groups in total. The Hall–Kier alpha value is -5.27. The summed E-state index contributed by atoms with van der Waals surface area (Å²) in [6, 6.07) is 61.7. The smallest absolute Gasteiger partial charge is 0.699 e. The Balaban J connectivity index is 0.000000199. The number of nitrogens with zero attached hydrogens (tertiary/aromatic N) is 4. The molecule has 0 fully saturated rings. The molecular weight excluding hydrogens is 1050 g/mol. The second kappa shape index (κ2) is 28.2. The van der Waals surface area contributed by atoms with Crippen molar-refractivity contribution in [1.29, 1.82) is 0 Å². The van der Waals surface area contributed by atoms with Gasteiger partial charge in [0.25, 0.3) is 0 Å². The van der Waals surface area contributed by atoms with Crippen LogP contribution in [0.15, 0.2) is 199 Å². The second-order valence-corrected chi connectivity index (χ2v) is 11.8. The van der Waals surface area contributed by atoms with Gasteiger partial charge in [-0.2, -0.15) is 24.3 Å². The summed E-state index contributed by atoms with van der Waals surface area (Å²) in [6.45, 7) is 0.480. The molecule has 286 valence electrons. The van der Waals surface area contributed by atoms with Crippen LogP contribution in [0.25, 0.3) is 27.1 Å². The van der Waals surface area contributed by atoms with Crippen molar-refractivity contribution in [3.8, 4) is 0 Å². The van der Waals surface area contributed by atoms with Gasteiger partial charge in [0.2, 0.25) is 0 Å². The molecule has 0 atom stereocenters. The third-order valence-corrected chi connectivity index (χ3v) is 7.77.